The SMILES string of the molecule is CCNC(C1CCC1)C1(C)CCCO1. The maximum absolute atomic E-state index is 5.95. The molecule has 0 aromatic rings. The van der Waals surface area contributed by atoms with Gasteiger partial charge in [0.2, 0.25) is 0 Å². The lowest BCUT2D eigenvalue weighted by molar-refractivity contribution is -0.0400. The van der Waals surface area contributed by atoms with Crippen molar-refractivity contribution in [1.29, 1.82) is 0 Å². The van der Waals surface area contributed by atoms with Crippen molar-refractivity contribution in [2.75, 3.05) is 13.2 Å². The first kappa shape index (κ1) is 10.4. The lowest BCUT2D eigenvalue weighted by Crippen LogP contribution is -2.54. The fraction of sp³-hybridized carbons (Fsp3) is 1.00. The summed E-state index contributed by atoms with van der Waals surface area (Å²) in [5.74, 6) is 0.873. The molecular formula is C12H23NO. The molecule has 1 heterocycles. The number of likely N-dealkylation sites (N-methyl/N-ethyl adjacent to an activating group) is 1. The van der Waals surface area contributed by atoms with Crippen LogP contribution in [0.4, 0.5) is 0 Å². The Balaban J connectivity index is 2.00. The monoisotopic (exact) mass is 197 g/mol. The van der Waals surface area contributed by atoms with Crippen molar-refractivity contribution >= 4 is 0 Å². The summed E-state index contributed by atoms with van der Waals surface area (Å²) < 4.78 is 5.95. The van der Waals surface area contributed by atoms with Crippen molar-refractivity contribution in [3.8, 4) is 0 Å². The second-order valence-electron chi connectivity index (χ2n) is 4.99. The van der Waals surface area contributed by atoms with E-state index < -0.39 is 0 Å². The van der Waals surface area contributed by atoms with Crippen molar-refractivity contribution in [2.45, 2.75) is 57.6 Å². The molecule has 0 amide bonds. The molecule has 2 unspecified atom stereocenters. The number of ether oxygens (including phenoxy) is 1. The first-order valence-electron chi connectivity index (χ1n) is 6.13. The van der Waals surface area contributed by atoms with Gasteiger partial charge in [-0.3, -0.25) is 0 Å². The van der Waals surface area contributed by atoms with Crippen LogP contribution in [0.1, 0.15) is 46.0 Å². The molecule has 14 heavy (non-hydrogen) atoms. The van der Waals surface area contributed by atoms with Gasteiger partial charge in [-0.05, 0) is 45.1 Å². The summed E-state index contributed by atoms with van der Waals surface area (Å²) in [5, 5.41) is 3.64. The number of nitrogens with one attached hydrogen (secondary N) is 1. The van der Waals surface area contributed by atoms with Crippen LogP contribution >= 0.6 is 0 Å². The highest BCUT2D eigenvalue weighted by atomic mass is 16.5. The highest BCUT2D eigenvalue weighted by Crippen LogP contribution is 2.39. The predicted octanol–water partition coefficient (Wildman–Crippen LogP) is 2.33. The summed E-state index contributed by atoms with van der Waals surface area (Å²) in [7, 11) is 0. The Bertz CT molecular complexity index is 183. The molecule has 82 valence electrons. The molecule has 1 N–H and O–H groups in total. The minimum absolute atomic E-state index is 0.126. The summed E-state index contributed by atoms with van der Waals surface area (Å²) >= 11 is 0. The lowest BCUT2D eigenvalue weighted by atomic mass is 9.73. The maximum Gasteiger partial charge on any atom is 0.0810 e. The maximum atomic E-state index is 5.95. The molecule has 0 aromatic heterocycles. The van der Waals surface area contributed by atoms with Crippen molar-refractivity contribution in [3.05, 3.63) is 0 Å². The molecule has 1 saturated heterocycles. The predicted molar refractivity (Wildman–Crippen MR) is 58.4 cm³/mol. The first-order chi connectivity index (χ1) is 6.76. The summed E-state index contributed by atoms with van der Waals surface area (Å²) in [5.41, 5.74) is 0.126. The van der Waals surface area contributed by atoms with Gasteiger partial charge in [-0.25, -0.2) is 0 Å². The molecule has 1 aliphatic heterocycles. The summed E-state index contributed by atoms with van der Waals surface area (Å²) in [6.45, 7) is 6.53. The van der Waals surface area contributed by atoms with E-state index in [9.17, 15) is 0 Å². The molecule has 2 nitrogen and oxygen atoms in total. The Hall–Kier alpha value is -0.0800. The Morgan fingerprint density at radius 3 is 2.64 bits per heavy atom. The second kappa shape index (κ2) is 4.19. The van der Waals surface area contributed by atoms with Gasteiger partial charge >= 0.3 is 0 Å². The van der Waals surface area contributed by atoms with Crippen LogP contribution in [-0.2, 0) is 4.74 Å². The molecular weight excluding hydrogens is 174 g/mol. The minimum Gasteiger partial charge on any atom is -0.374 e. The largest absolute Gasteiger partial charge is 0.374 e. The van der Waals surface area contributed by atoms with Crippen LogP contribution in [0.3, 0.4) is 0 Å². The second-order valence-corrected chi connectivity index (χ2v) is 4.99. The van der Waals surface area contributed by atoms with Crippen molar-refractivity contribution < 1.29 is 4.74 Å². The van der Waals surface area contributed by atoms with Gasteiger partial charge in [0, 0.05) is 12.6 Å². The van der Waals surface area contributed by atoms with E-state index >= 15 is 0 Å². The standard InChI is InChI=1S/C12H23NO/c1-3-13-11(10-6-4-7-10)12(2)8-5-9-14-12/h10-11,13H,3-9H2,1-2H3. The van der Waals surface area contributed by atoms with Gasteiger partial charge in [0.25, 0.3) is 0 Å². The number of hydrogen-bond acceptors (Lipinski definition) is 2. The Morgan fingerprint density at radius 1 is 1.43 bits per heavy atom. The quantitative estimate of drug-likeness (QED) is 0.747. The fourth-order valence-corrected chi connectivity index (χ4v) is 2.92. The van der Waals surface area contributed by atoms with E-state index in [0.717, 1.165) is 19.1 Å². The average molecular weight is 197 g/mol. The third kappa shape index (κ3) is 1.82. The topological polar surface area (TPSA) is 21.3 Å². The smallest absolute Gasteiger partial charge is 0.0810 e. The van der Waals surface area contributed by atoms with Crippen LogP contribution in [0.5, 0.6) is 0 Å². The zero-order valence-electron chi connectivity index (χ0n) is 9.51. The van der Waals surface area contributed by atoms with E-state index in [0.29, 0.717) is 6.04 Å². The highest BCUT2D eigenvalue weighted by molar-refractivity contribution is 4.98. The van der Waals surface area contributed by atoms with Crippen molar-refractivity contribution in [2.24, 2.45) is 5.92 Å². The lowest BCUT2D eigenvalue weighted by Gasteiger charge is -2.43. The van der Waals surface area contributed by atoms with E-state index in [1.165, 1.54) is 32.1 Å². The van der Waals surface area contributed by atoms with Gasteiger partial charge in [-0.15, -0.1) is 0 Å². The van der Waals surface area contributed by atoms with Gasteiger partial charge in [-0.2, -0.15) is 0 Å². The van der Waals surface area contributed by atoms with Crippen LogP contribution in [0, 0.1) is 5.92 Å². The normalized spacial score (nSPS) is 35.6. The summed E-state index contributed by atoms with van der Waals surface area (Å²) in [6.07, 6.45) is 6.70. The van der Waals surface area contributed by atoms with Crippen molar-refractivity contribution in [3.63, 3.8) is 0 Å². The molecule has 0 radical (unpaired) electrons. The highest BCUT2D eigenvalue weighted by Gasteiger charge is 2.43. The van der Waals surface area contributed by atoms with Crippen LogP contribution in [0.2, 0.25) is 0 Å². The zero-order valence-corrected chi connectivity index (χ0v) is 9.51. The van der Waals surface area contributed by atoms with E-state index in [4.69, 9.17) is 4.74 Å². The zero-order chi connectivity index (χ0) is 10.0. The fourth-order valence-electron chi connectivity index (χ4n) is 2.92. The van der Waals surface area contributed by atoms with E-state index in [1.54, 1.807) is 0 Å². The Labute approximate surface area is 87.4 Å². The molecule has 2 heteroatoms. The molecule has 2 fully saturated rings. The molecule has 2 atom stereocenters. The van der Waals surface area contributed by atoms with Gasteiger partial charge < -0.3 is 10.1 Å². The van der Waals surface area contributed by atoms with E-state index in [1.807, 2.05) is 0 Å². The summed E-state index contributed by atoms with van der Waals surface area (Å²) in [6, 6.07) is 0.601. The minimum atomic E-state index is 0.126. The molecule has 1 aliphatic carbocycles. The van der Waals surface area contributed by atoms with Gasteiger partial charge in [0.1, 0.15) is 0 Å². The van der Waals surface area contributed by atoms with Crippen LogP contribution < -0.4 is 5.32 Å². The van der Waals surface area contributed by atoms with Gasteiger partial charge in [-0.1, -0.05) is 13.3 Å². The number of rotatable bonds is 4. The van der Waals surface area contributed by atoms with Gasteiger partial charge in [0.05, 0.1) is 5.60 Å². The molecule has 0 spiro atoms. The van der Waals surface area contributed by atoms with Crippen molar-refractivity contribution in [1.82, 2.24) is 5.32 Å². The Morgan fingerprint density at radius 2 is 2.21 bits per heavy atom. The third-order valence-corrected chi connectivity index (χ3v) is 3.95. The molecule has 0 aromatic carbocycles. The molecule has 2 aliphatic rings. The third-order valence-electron chi connectivity index (χ3n) is 3.95. The van der Waals surface area contributed by atoms with E-state index in [-0.39, 0.29) is 5.60 Å². The first-order valence-corrected chi connectivity index (χ1v) is 6.13. The molecule has 2 rings (SSSR count). The van der Waals surface area contributed by atoms with Crippen LogP contribution in [-0.4, -0.2) is 24.8 Å². The molecule has 1 saturated carbocycles. The van der Waals surface area contributed by atoms with Gasteiger partial charge in [0.15, 0.2) is 0 Å². The van der Waals surface area contributed by atoms with E-state index in [2.05, 4.69) is 19.2 Å². The Kier molecular flexibility index (Phi) is 3.13. The molecule has 0 bridgehead atoms. The number of hydrogen-bond donors (Lipinski definition) is 1. The average Bonchev–Trinajstić information content (AvgIpc) is 2.49. The van der Waals surface area contributed by atoms with Crippen LogP contribution in [0.15, 0.2) is 0 Å². The summed E-state index contributed by atoms with van der Waals surface area (Å²) in [4.78, 5) is 0. The van der Waals surface area contributed by atoms with Crippen LogP contribution in [0.25, 0.3) is 0 Å².